The molecule has 4 aliphatic rings. The summed E-state index contributed by atoms with van der Waals surface area (Å²) < 4.78 is 17.9. The standard InChI is InChI=1S/C62H90N8O12/c1-12-39(4)54(67(9)60(78)53(38(2)3)66-59(77)55-43-26-29-45(35-43)70(55)61(79)82-62(6,7)8)48(80-10)36-52(74)68-33-19-22-47(68)56(81-11)40(5)57(75)65-46(34-41-20-15-13-16-21-41)58(76)64-44-27-24-42(25-28-44)37-63-49(71)23-17-14-18-32-69-50(72)30-31-51(69)73/h13,15-16,20-21,24-25,27-28,30-31,38-40,43,45-48,53-56H,12,14,17-19,22-23,26,29,32-37H2,1-11H3,(H,63,71)(H,64,76)(H,65,75)(H,66,77)/t39?,40?,43-,45+,46?,47-,48?,53?,54?,55-,56?/m0/s1. The van der Waals surface area contributed by atoms with Crippen LogP contribution < -0.4 is 21.3 Å². The van der Waals surface area contributed by atoms with Crippen LogP contribution in [0.3, 0.4) is 0 Å². The molecule has 3 heterocycles. The van der Waals surface area contributed by atoms with Gasteiger partial charge in [-0.05, 0) is 107 Å². The van der Waals surface area contributed by atoms with Crippen molar-refractivity contribution in [1.82, 2.24) is 35.6 Å². The Bertz CT molecular complexity index is 2570. The maximum atomic E-state index is 14.7. The molecule has 6 rings (SSSR count). The molecule has 3 fully saturated rings. The monoisotopic (exact) mass is 1140 g/mol. The summed E-state index contributed by atoms with van der Waals surface area (Å²) in [6.07, 6.45) is 6.99. The molecule has 11 atom stereocenters. The lowest BCUT2D eigenvalue weighted by molar-refractivity contribution is -0.148. The molecule has 1 aliphatic carbocycles. The van der Waals surface area contributed by atoms with Crippen molar-refractivity contribution < 1.29 is 57.4 Å². The molecule has 2 saturated heterocycles. The second-order valence-electron chi connectivity index (χ2n) is 24.1. The molecule has 0 radical (unpaired) electrons. The van der Waals surface area contributed by atoms with Gasteiger partial charge in [0.05, 0.1) is 36.6 Å². The summed E-state index contributed by atoms with van der Waals surface area (Å²) in [5, 5.41) is 11.9. The number of hydrogen-bond donors (Lipinski definition) is 4. The summed E-state index contributed by atoms with van der Waals surface area (Å²) in [6, 6.07) is 12.5. The van der Waals surface area contributed by atoms with Gasteiger partial charge < -0.3 is 45.3 Å². The van der Waals surface area contributed by atoms with E-state index in [1.165, 1.54) is 31.3 Å². The fourth-order valence-corrected chi connectivity index (χ4v) is 12.2. The number of amides is 9. The number of carbonyl (C=O) groups excluding carboxylic acids is 9. The number of methoxy groups -OCH3 is 2. The van der Waals surface area contributed by atoms with Gasteiger partial charge in [0.25, 0.3) is 11.8 Å². The van der Waals surface area contributed by atoms with Gasteiger partial charge in [-0.15, -0.1) is 0 Å². The first-order chi connectivity index (χ1) is 39.0. The number of fused-ring (bicyclic) bond motifs is 2. The lowest BCUT2D eigenvalue weighted by Gasteiger charge is -2.41. The third kappa shape index (κ3) is 16.8. The first-order valence-corrected chi connectivity index (χ1v) is 29.4. The van der Waals surface area contributed by atoms with Gasteiger partial charge in [-0.3, -0.25) is 48.2 Å². The summed E-state index contributed by atoms with van der Waals surface area (Å²) in [5.74, 6) is -3.87. The molecule has 2 aromatic rings. The number of carbonyl (C=O) groups is 9. The fourth-order valence-electron chi connectivity index (χ4n) is 12.2. The van der Waals surface area contributed by atoms with Crippen LogP contribution in [0.5, 0.6) is 0 Å². The lowest BCUT2D eigenvalue weighted by atomic mass is 9.89. The molecule has 9 amide bonds. The first kappa shape index (κ1) is 64.5. The fraction of sp³-hybridized carbons (Fsp3) is 0.629. The molecule has 450 valence electrons. The van der Waals surface area contributed by atoms with E-state index in [0.717, 1.165) is 24.0 Å². The van der Waals surface area contributed by atoms with Gasteiger partial charge in [0, 0.05) is 77.6 Å². The molecule has 0 spiro atoms. The number of piperidine rings is 1. The maximum absolute atomic E-state index is 14.7. The third-order valence-electron chi connectivity index (χ3n) is 16.8. The molecule has 20 heteroatoms. The van der Waals surface area contributed by atoms with Gasteiger partial charge >= 0.3 is 6.09 Å². The highest BCUT2D eigenvalue weighted by Gasteiger charge is 2.53. The van der Waals surface area contributed by atoms with E-state index in [1.54, 1.807) is 73.7 Å². The summed E-state index contributed by atoms with van der Waals surface area (Å²) in [5.41, 5.74) is 1.39. The normalized spacial score (nSPS) is 21.1. The van der Waals surface area contributed by atoms with Gasteiger partial charge in [-0.25, -0.2) is 4.79 Å². The van der Waals surface area contributed by atoms with Crippen molar-refractivity contribution in [1.29, 1.82) is 0 Å². The Kier molecular flexibility index (Phi) is 23.2. The SMILES string of the molecule is CCC(C)C(C(CC(=O)N1CCC[C@H]1C(OC)C(C)C(=O)NC(Cc1ccccc1)C(=O)Nc1ccc(CNC(=O)CCCCCN2C(=O)C=CC2=O)cc1)OC)N(C)C(=O)C(NC(=O)[C@@H]1[C@H]2CC[C@H](C2)N1C(=O)OC(C)(C)C)C(C)C. The number of unbranched alkanes of at least 4 members (excludes halogenated alkanes) is 2. The third-order valence-corrected chi connectivity index (χ3v) is 16.8. The molecular formula is C62H90N8O12. The Morgan fingerprint density at radius 3 is 2.11 bits per heavy atom. The highest BCUT2D eigenvalue weighted by molar-refractivity contribution is 6.12. The Labute approximate surface area is 484 Å². The number of benzene rings is 2. The number of hydrogen-bond acceptors (Lipinski definition) is 12. The molecule has 20 nitrogen and oxygen atoms in total. The minimum Gasteiger partial charge on any atom is -0.444 e. The van der Waals surface area contributed by atoms with Gasteiger partial charge in [0.15, 0.2) is 0 Å². The molecule has 3 aliphatic heterocycles. The minimum absolute atomic E-state index is 0.0425. The van der Waals surface area contributed by atoms with Crippen LogP contribution >= 0.6 is 0 Å². The molecule has 2 bridgehead atoms. The number of nitrogens with zero attached hydrogens (tertiary/aromatic N) is 4. The number of anilines is 1. The zero-order valence-electron chi connectivity index (χ0n) is 50.1. The second kappa shape index (κ2) is 29.5. The van der Waals surface area contributed by atoms with E-state index in [4.69, 9.17) is 14.2 Å². The van der Waals surface area contributed by atoms with Crippen molar-refractivity contribution in [2.45, 2.75) is 193 Å². The first-order valence-electron chi connectivity index (χ1n) is 29.4. The molecule has 7 unspecified atom stereocenters. The minimum atomic E-state index is -0.990. The van der Waals surface area contributed by atoms with Crippen molar-refractivity contribution in [2.24, 2.45) is 23.7 Å². The smallest absolute Gasteiger partial charge is 0.411 e. The van der Waals surface area contributed by atoms with E-state index in [2.05, 4.69) is 21.3 Å². The van der Waals surface area contributed by atoms with E-state index in [1.807, 2.05) is 58.0 Å². The zero-order chi connectivity index (χ0) is 60.0. The average Bonchev–Trinajstić information content (AvgIpc) is 4.43. The highest BCUT2D eigenvalue weighted by atomic mass is 16.6. The van der Waals surface area contributed by atoms with Crippen molar-refractivity contribution in [2.75, 3.05) is 39.7 Å². The summed E-state index contributed by atoms with van der Waals surface area (Å²) in [6.45, 7) is 15.9. The van der Waals surface area contributed by atoms with Gasteiger partial charge in [-0.2, -0.15) is 0 Å². The predicted molar refractivity (Wildman–Crippen MR) is 309 cm³/mol. The highest BCUT2D eigenvalue weighted by Crippen LogP contribution is 2.43. The number of likely N-dealkylation sites (tertiary alicyclic amines) is 2. The van der Waals surface area contributed by atoms with E-state index in [-0.39, 0.29) is 78.6 Å². The largest absolute Gasteiger partial charge is 0.444 e. The molecular weight excluding hydrogens is 1050 g/mol. The summed E-state index contributed by atoms with van der Waals surface area (Å²) in [7, 11) is 4.72. The number of rotatable bonds is 28. The molecule has 1 saturated carbocycles. The van der Waals surface area contributed by atoms with Crippen molar-refractivity contribution >= 4 is 59.0 Å². The van der Waals surface area contributed by atoms with Crippen LogP contribution in [0.1, 0.15) is 137 Å². The van der Waals surface area contributed by atoms with Crippen LogP contribution in [0.15, 0.2) is 66.7 Å². The molecule has 4 N–H and O–H groups in total. The van der Waals surface area contributed by atoms with Crippen LogP contribution in [0, 0.1) is 23.7 Å². The maximum Gasteiger partial charge on any atom is 0.411 e. The number of ether oxygens (including phenoxy) is 3. The quantitative estimate of drug-likeness (QED) is 0.0542. The van der Waals surface area contributed by atoms with E-state index < -0.39 is 71.8 Å². The lowest BCUT2D eigenvalue weighted by Crippen LogP contribution is -2.61. The zero-order valence-corrected chi connectivity index (χ0v) is 50.1. The second-order valence-corrected chi connectivity index (χ2v) is 24.1. The Hall–Kier alpha value is -6.67. The Balaban J connectivity index is 1.06. The summed E-state index contributed by atoms with van der Waals surface area (Å²) >= 11 is 0. The van der Waals surface area contributed by atoms with Crippen molar-refractivity contribution in [3.05, 3.63) is 77.9 Å². The average molecular weight is 1140 g/mol. The Morgan fingerprint density at radius 1 is 0.805 bits per heavy atom. The van der Waals surface area contributed by atoms with Gasteiger partial charge in [-0.1, -0.05) is 89.9 Å². The Morgan fingerprint density at radius 2 is 1.49 bits per heavy atom. The van der Waals surface area contributed by atoms with Crippen molar-refractivity contribution in [3.63, 3.8) is 0 Å². The van der Waals surface area contributed by atoms with Crippen LogP contribution in [-0.4, -0.2) is 161 Å². The number of likely N-dealkylation sites (N-methyl/N-ethyl adjacent to an activating group) is 1. The number of imide groups is 1. The summed E-state index contributed by atoms with van der Waals surface area (Å²) in [4.78, 5) is 128. The predicted octanol–water partition coefficient (Wildman–Crippen LogP) is 6.30. The molecule has 2 aromatic carbocycles. The van der Waals surface area contributed by atoms with E-state index in [0.29, 0.717) is 70.1 Å². The van der Waals surface area contributed by atoms with Crippen molar-refractivity contribution in [3.8, 4) is 0 Å². The molecule has 0 aromatic heterocycles. The van der Waals surface area contributed by atoms with Crippen LogP contribution in [0.25, 0.3) is 0 Å². The van der Waals surface area contributed by atoms with Crippen LogP contribution in [0.4, 0.5) is 10.5 Å². The van der Waals surface area contributed by atoms with Crippen LogP contribution in [0.2, 0.25) is 0 Å². The molecule has 82 heavy (non-hydrogen) atoms. The van der Waals surface area contributed by atoms with Crippen LogP contribution in [-0.2, 0) is 65.5 Å². The van der Waals surface area contributed by atoms with Gasteiger partial charge in [0.1, 0.15) is 23.7 Å². The van der Waals surface area contributed by atoms with E-state index in [9.17, 15) is 43.2 Å². The number of nitrogens with one attached hydrogen (secondary N) is 4. The van der Waals surface area contributed by atoms with E-state index >= 15 is 0 Å². The van der Waals surface area contributed by atoms with Gasteiger partial charge in [0.2, 0.25) is 35.4 Å². The topological polar surface area (TPSA) is 242 Å².